The van der Waals surface area contributed by atoms with Crippen LogP contribution in [0.5, 0.6) is 5.75 Å². The molecular weight excluding hydrogens is 204 g/mol. The minimum absolute atomic E-state index is 0.0116. The molecule has 0 fully saturated rings. The SMILES string of the molecule is Nc1cc(O)c2ccsc2c1[N+](=O)[O-]. The zero-order chi connectivity index (χ0) is 10.3. The molecule has 0 saturated carbocycles. The molecule has 1 heterocycles. The third-order valence-corrected chi connectivity index (χ3v) is 2.83. The molecule has 2 rings (SSSR count). The van der Waals surface area contributed by atoms with E-state index in [-0.39, 0.29) is 17.1 Å². The van der Waals surface area contributed by atoms with Gasteiger partial charge in [0.05, 0.1) is 4.92 Å². The Labute approximate surface area is 82.5 Å². The van der Waals surface area contributed by atoms with Crippen LogP contribution in [-0.4, -0.2) is 10.0 Å². The van der Waals surface area contributed by atoms with Gasteiger partial charge < -0.3 is 10.8 Å². The van der Waals surface area contributed by atoms with Crippen molar-refractivity contribution < 1.29 is 10.0 Å². The van der Waals surface area contributed by atoms with Gasteiger partial charge in [-0.15, -0.1) is 11.3 Å². The molecule has 0 spiro atoms. The normalized spacial score (nSPS) is 10.6. The lowest BCUT2D eigenvalue weighted by atomic mass is 10.2. The van der Waals surface area contributed by atoms with E-state index in [1.807, 2.05) is 0 Å². The second-order valence-electron chi connectivity index (χ2n) is 2.75. The Hall–Kier alpha value is -1.82. The van der Waals surface area contributed by atoms with Crippen LogP contribution in [0.2, 0.25) is 0 Å². The number of thiophene rings is 1. The van der Waals surface area contributed by atoms with Gasteiger partial charge in [-0.1, -0.05) is 0 Å². The summed E-state index contributed by atoms with van der Waals surface area (Å²) in [6.45, 7) is 0. The molecule has 6 heteroatoms. The highest BCUT2D eigenvalue weighted by molar-refractivity contribution is 7.17. The number of fused-ring (bicyclic) bond motifs is 1. The Kier molecular flexibility index (Phi) is 1.78. The Morgan fingerprint density at radius 1 is 1.57 bits per heavy atom. The number of phenols is 1. The first kappa shape index (κ1) is 8.76. The molecule has 0 atom stereocenters. The van der Waals surface area contributed by atoms with E-state index in [1.165, 1.54) is 17.4 Å². The molecule has 1 aromatic heterocycles. The zero-order valence-electron chi connectivity index (χ0n) is 6.93. The molecule has 0 radical (unpaired) electrons. The maximum atomic E-state index is 10.7. The van der Waals surface area contributed by atoms with E-state index in [0.29, 0.717) is 10.1 Å². The smallest absolute Gasteiger partial charge is 0.310 e. The fourth-order valence-corrected chi connectivity index (χ4v) is 2.25. The number of hydrogen-bond donors (Lipinski definition) is 2. The van der Waals surface area contributed by atoms with Crippen LogP contribution in [0, 0.1) is 10.1 Å². The fourth-order valence-electron chi connectivity index (χ4n) is 1.31. The van der Waals surface area contributed by atoms with Crippen molar-refractivity contribution in [2.24, 2.45) is 0 Å². The lowest BCUT2D eigenvalue weighted by Crippen LogP contribution is -1.95. The summed E-state index contributed by atoms with van der Waals surface area (Å²) in [5.41, 5.74) is 5.31. The van der Waals surface area contributed by atoms with E-state index in [1.54, 1.807) is 11.4 Å². The quantitative estimate of drug-likeness (QED) is 0.428. The van der Waals surface area contributed by atoms with Gasteiger partial charge in [-0.3, -0.25) is 10.1 Å². The number of phenolic OH excluding ortho intramolecular Hbond substituents is 1. The predicted molar refractivity (Wildman–Crippen MR) is 54.6 cm³/mol. The van der Waals surface area contributed by atoms with Crippen molar-refractivity contribution in [1.82, 2.24) is 0 Å². The highest BCUT2D eigenvalue weighted by Crippen LogP contribution is 2.40. The van der Waals surface area contributed by atoms with E-state index in [2.05, 4.69) is 0 Å². The highest BCUT2D eigenvalue weighted by atomic mass is 32.1. The van der Waals surface area contributed by atoms with Gasteiger partial charge in [-0.05, 0) is 11.4 Å². The van der Waals surface area contributed by atoms with Crippen LogP contribution in [0.1, 0.15) is 0 Å². The number of nitrogen functional groups attached to an aromatic ring is 1. The molecule has 0 bridgehead atoms. The molecule has 14 heavy (non-hydrogen) atoms. The number of nitro benzene ring substituents is 1. The zero-order valence-corrected chi connectivity index (χ0v) is 7.75. The second kappa shape index (κ2) is 2.85. The van der Waals surface area contributed by atoms with Crippen molar-refractivity contribution in [3.63, 3.8) is 0 Å². The van der Waals surface area contributed by atoms with E-state index >= 15 is 0 Å². The Morgan fingerprint density at radius 2 is 2.29 bits per heavy atom. The topological polar surface area (TPSA) is 89.4 Å². The second-order valence-corrected chi connectivity index (χ2v) is 3.67. The molecule has 0 amide bonds. The molecule has 0 aliphatic carbocycles. The largest absolute Gasteiger partial charge is 0.507 e. The molecule has 3 N–H and O–H groups in total. The third-order valence-electron chi connectivity index (χ3n) is 1.90. The highest BCUT2D eigenvalue weighted by Gasteiger charge is 2.20. The molecule has 0 aliphatic rings. The summed E-state index contributed by atoms with van der Waals surface area (Å²) in [7, 11) is 0. The van der Waals surface area contributed by atoms with Crippen molar-refractivity contribution in [1.29, 1.82) is 0 Å². The number of nitrogens with zero attached hydrogens (tertiary/aromatic N) is 1. The minimum Gasteiger partial charge on any atom is -0.507 e. The number of nitrogens with two attached hydrogens (primary N) is 1. The number of rotatable bonds is 1. The first-order valence-corrected chi connectivity index (χ1v) is 4.62. The van der Waals surface area contributed by atoms with E-state index < -0.39 is 4.92 Å². The molecular formula is C8H6N2O3S. The number of hydrogen-bond acceptors (Lipinski definition) is 5. The maximum Gasteiger partial charge on any atom is 0.310 e. The standard InChI is InChI=1S/C8H6N2O3S/c9-5-3-6(11)4-1-2-14-8(4)7(5)10(12)13/h1-3,11H,9H2. The van der Waals surface area contributed by atoms with Crippen LogP contribution < -0.4 is 5.73 Å². The maximum absolute atomic E-state index is 10.7. The molecule has 0 unspecified atom stereocenters. The van der Waals surface area contributed by atoms with Crippen LogP contribution in [0.4, 0.5) is 11.4 Å². The summed E-state index contributed by atoms with van der Waals surface area (Å²) < 4.78 is 0.410. The Bertz CT molecular complexity index is 521. The molecule has 2 aromatic rings. The summed E-state index contributed by atoms with van der Waals surface area (Å²) in [6.07, 6.45) is 0. The van der Waals surface area contributed by atoms with Crippen molar-refractivity contribution in [3.05, 3.63) is 27.6 Å². The van der Waals surface area contributed by atoms with Crippen LogP contribution in [0.25, 0.3) is 10.1 Å². The van der Waals surface area contributed by atoms with E-state index in [0.717, 1.165) is 0 Å². The van der Waals surface area contributed by atoms with E-state index in [9.17, 15) is 15.2 Å². The van der Waals surface area contributed by atoms with Gasteiger partial charge in [0.2, 0.25) is 0 Å². The van der Waals surface area contributed by atoms with Crippen molar-refractivity contribution >= 4 is 32.8 Å². The van der Waals surface area contributed by atoms with Gasteiger partial charge in [0, 0.05) is 11.5 Å². The van der Waals surface area contributed by atoms with Crippen molar-refractivity contribution in [3.8, 4) is 5.75 Å². The van der Waals surface area contributed by atoms with Crippen LogP contribution >= 0.6 is 11.3 Å². The van der Waals surface area contributed by atoms with Gasteiger partial charge in [0.25, 0.3) is 0 Å². The minimum atomic E-state index is -0.534. The fraction of sp³-hybridized carbons (Fsp3) is 0. The van der Waals surface area contributed by atoms with Crippen molar-refractivity contribution in [2.45, 2.75) is 0 Å². The molecule has 0 aliphatic heterocycles. The predicted octanol–water partition coefficient (Wildman–Crippen LogP) is 2.10. The van der Waals surface area contributed by atoms with Crippen LogP contribution in [0.15, 0.2) is 17.5 Å². The summed E-state index contributed by atoms with van der Waals surface area (Å²) in [6, 6.07) is 2.83. The van der Waals surface area contributed by atoms with Gasteiger partial charge >= 0.3 is 5.69 Å². The number of nitro groups is 1. The Morgan fingerprint density at radius 3 is 2.93 bits per heavy atom. The molecule has 0 saturated heterocycles. The first-order valence-electron chi connectivity index (χ1n) is 3.74. The summed E-state index contributed by atoms with van der Waals surface area (Å²) in [5, 5.41) is 22.3. The average Bonchev–Trinajstić information content (AvgIpc) is 2.51. The summed E-state index contributed by atoms with van der Waals surface area (Å²) in [4.78, 5) is 10.2. The molecule has 72 valence electrons. The van der Waals surface area contributed by atoms with Crippen LogP contribution in [-0.2, 0) is 0 Å². The van der Waals surface area contributed by atoms with Gasteiger partial charge in [0.1, 0.15) is 16.1 Å². The molecule has 1 aromatic carbocycles. The van der Waals surface area contributed by atoms with E-state index in [4.69, 9.17) is 5.73 Å². The Balaban J connectivity index is 2.93. The number of aromatic hydroxyl groups is 1. The monoisotopic (exact) mass is 210 g/mol. The lowest BCUT2D eigenvalue weighted by Gasteiger charge is -2.00. The van der Waals surface area contributed by atoms with Gasteiger partial charge in [-0.2, -0.15) is 0 Å². The first-order chi connectivity index (χ1) is 6.61. The third kappa shape index (κ3) is 1.08. The van der Waals surface area contributed by atoms with Gasteiger partial charge in [0.15, 0.2) is 0 Å². The van der Waals surface area contributed by atoms with Crippen molar-refractivity contribution in [2.75, 3.05) is 5.73 Å². The number of anilines is 1. The molecule has 5 nitrogen and oxygen atoms in total. The average molecular weight is 210 g/mol. The number of benzene rings is 1. The summed E-state index contributed by atoms with van der Waals surface area (Å²) in [5.74, 6) is -0.0237. The summed E-state index contributed by atoms with van der Waals surface area (Å²) >= 11 is 1.19. The van der Waals surface area contributed by atoms with Gasteiger partial charge in [-0.25, -0.2) is 0 Å². The van der Waals surface area contributed by atoms with Crippen LogP contribution in [0.3, 0.4) is 0 Å². The lowest BCUT2D eigenvalue weighted by molar-refractivity contribution is -0.381.